The van der Waals surface area contributed by atoms with Crippen molar-refractivity contribution in [3.8, 4) is 17.2 Å². The molecule has 0 aliphatic rings. The number of nitrogens with zero attached hydrogens (tertiary/aromatic N) is 1. The number of benzene rings is 1. The summed E-state index contributed by atoms with van der Waals surface area (Å²) in [5.41, 5.74) is 3.36. The average Bonchev–Trinajstić information content (AvgIpc) is 2.36. The second-order valence-corrected chi connectivity index (χ2v) is 3.16. The third kappa shape index (κ3) is 3.53. The fourth-order valence-electron chi connectivity index (χ4n) is 1.22. The van der Waals surface area contributed by atoms with Crippen LogP contribution in [-0.4, -0.2) is 43.8 Å². The van der Waals surface area contributed by atoms with E-state index in [-0.39, 0.29) is 12.4 Å². The molecule has 0 radical (unpaired) electrons. The number of hydrogen-bond acceptors (Lipinski definition) is 6. The molecular weight excluding hydrogens is 224 g/mol. The standard InChI is InChI=1S/C11H16N2O4/c1-16-9-5-8(7-13-12-3-4-14)6-10(17-2)11(9)15/h5-7,12,14-15H,3-4H2,1-2H3/b13-7-. The molecule has 6 nitrogen and oxygen atoms in total. The fourth-order valence-corrected chi connectivity index (χ4v) is 1.22. The zero-order valence-corrected chi connectivity index (χ0v) is 9.80. The number of hydrazone groups is 1. The van der Waals surface area contributed by atoms with Gasteiger partial charge in [-0.15, -0.1) is 0 Å². The second kappa shape index (κ2) is 6.59. The number of aliphatic hydroxyl groups excluding tert-OH is 1. The van der Waals surface area contributed by atoms with Gasteiger partial charge in [0.15, 0.2) is 11.5 Å². The Balaban J connectivity index is 2.89. The Labute approximate surface area is 99.5 Å². The lowest BCUT2D eigenvalue weighted by Crippen LogP contribution is -2.11. The van der Waals surface area contributed by atoms with Crippen LogP contribution in [0.25, 0.3) is 0 Å². The van der Waals surface area contributed by atoms with Gasteiger partial charge in [0.2, 0.25) is 5.75 Å². The molecule has 0 saturated carbocycles. The molecule has 0 spiro atoms. The Morgan fingerprint density at radius 2 is 1.88 bits per heavy atom. The van der Waals surface area contributed by atoms with Crippen LogP contribution in [0, 0.1) is 0 Å². The lowest BCUT2D eigenvalue weighted by Gasteiger charge is -2.09. The molecule has 6 heteroatoms. The van der Waals surface area contributed by atoms with Crippen molar-refractivity contribution in [1.29, 1.82) is 0 Å². The van der Waals surface area contributed by atoms with Crippen LogP contribution in [0.2, 0.25) is 0 Å². The van der Waals surface area contributed by atoms with Crippen LogP contribution < -0.4 is 14.9 Å². The van der Waals surface area contributed by atoms with Crippen LogP contribution in [0.4, 0.5) is 0 Å². The van der Waals surface area contributed by atoms with Crippen LogP contribution in [0.3, 0.4) is 0 Å². The maximum absolute atomic E-state index is 9.68. The molecule has 0 fully saturated rings. The van der Waals surface area contributed by atoms with Crippen molar-refractivity contribution < 1.29 is 19.7 Å². The van der Waals surface area contributed by atoms with E-state index in [9.17, 15) is 5.11 Å². The minimum Gasteiger partial charge on any atom is -0.502 e. The zero-order chi connectivity index (χ0) is 12.7. The maximum atomic E-state index is 9.68. The van der Waals surface area contributed by atoms with E-state index < -0.39 is 0 Å². The molecule has 0 aromatic heterocycles. The highest BCUT2D eigenvalue weighted by Gasteiger charge is 2.09. The van der Waals surface area contributed by atoms with Crippen molar-refractivity contribution in [2.24, 2.45) is 5.10 Å². The first-order valence-corrected chi connectivity index (χ1v) is 5.04. The molecule has 0 bridgehead atoms. The fraction of sp³-hybridized carbons (Fsp3) is 0.364. The van der Waals surface area contributed by atoms with Crippen LogP contribution in [-0.2, 0) is 0 Å². The molecule has 3 N–H and O–H groups in total. The van der Waals surface area contributed by atoms with Gasteiger partial charge in [-0.2, -0.15) is 5.10 Å². The normalized spacial score (nSPS) is 10.5. The maximum Gasteiger partial charge on any atom is 0.200 e. The molecule has 0 amide bonds. The molecule has 94 valence electrons. The molecule has 1 rings (SSSR count). The molecule has 0 heterocycles. The van der Waals surface area contributed by atoms with Crippen molar-refractivity contribution in [2.45, 2.75) is 0 Å². The summed E-state index contributed by atoms with van der Waals surface area (Å²) in [5.74, 6) is 0.580. The quantitative estimate of drug-likeness (QED) is 0.379. The average molecular weight is 240 g/mol. The van der Waals surface area contributed by atoms with E-state index in [0.717, 1.165) is 0 Å². The number of ether oxygens (including phenoxy) is 2. The van der Waals surface area contributed by atoms with Gasteiger partial charge in [-0.3, -0.25) is 0 Å². The van der Waals surface area contributed by atoms with Crippen molar-refractivity contribution in [3.05, 3.63) is 17.7 Å². The highest BCUT2D eigenvalue weighted by molar-refractivity contribution is 5.82. The Bertz CT molecular complexity index is 368. The summed E-state index contributed by atoms with van der Waals surface area (Å²) in [6, 6.07) is 3.25. The van der Waals surface area contributed by atoms with Gasteiger partial charge >= 0.3 is 0 Å². The van der Waals surface area contributed by atoms with Crippen molar-refractivity contribution >= 4 is 6.21 Å². The summed E-state index contributed by atoms with van der Waals surface area (Å²) in [4.78, 5) is 0. The lowest BCUT2D eigenvalue weighted by molar-refractivity contribution is 0.294. The van der Waals surface area contributed by atoms with Gasteiger partial charge < -0.3 is 25.1 Å². The topological polar surface area (TPSA) is 83.3 Å². The van der Waals surface area contributed by atoms with E-state index >= 15 is 0 Å². The third-order valence-electron chi connectivity index (χ3n) is 2.03. The SMILES string of the molecule is COc1cc(/C=N\NCCO)cc(OC)c1O. The van der Waals surface area contributed by atoms with Crippen molar-refractivity contribution in [1.82, 2.24) is 5.43 Å². The summed E-state index contributed by atoms with van der Waals surface area (Å²) >= 11 is 0. The lowest BCUT2D eigenvalue weighted by atomic mass is 10.2. The molecule has 17 heavy (non-hydrogen) atoms. The van der Waals surface area contributed by atoms with Gasteiger partial charge in [-0.05, 0) is 12.1 Å². The third-order valence-corrected chi connectivity index (χ3v) is 2.03. The predicted molar refractivity (Wildman–Crippen MR) is 63.9 cm³/mol. The van der Waals surface area contributed by atoms with Crippen LogP contribution in [0.1, 0.15) is 5.56 Å². The monoisotopic (exact) mass is 240 g/mol. The van der Waals surface area contributed by atoms with E-state index in [1.54, 1.807) is 18.3 Å². The number of aromatic hydroxyl groups is 1. The first-order valence-electron chi connectivity index (χ1n) is 5.04. The summed E-state index contributed by atoms with van der Waals surface area (Å²) < 4.78 is 10.0. The molecule has 0 aliphatic carbocycles. The van der Waals surface area contributed by atoms with Gasteiger partial charge in [0, 0.05) is 5.56 Å². The van der Waals surface area contributed by atoms with Gasteiger partial charge in [0.25, 0.3) is 0 Å². The molecule has 0 unspecified atom stereocenters. The Hall–Kier alpha value is -1.95. The number of aliphatic hydroxyl groups is 1. The smallest absolute Gasteiger partial charge is 0.200 e. The van der Waals surface area contributed by atoms with E-state index in [0.29, 0.717) is 23.6 Å². The van der Waals surface area contributed by atoms with Gasteiger partial charge in [0.1, 0.15) is 0 Å². The first-order chi connectivity index (χ1) is 8.22. The number of hydrogen-bond donors (Lipinski definition) is 3. The Morgan fingerprint density at radius 1 is 1.29 bits per heavy atom. The predicted octanol–water partition coefficient (Wildman–Crippen LogP) is 0.325. The number of phenols is 1. The number of rotatable bonds is 6. The number of phenolic OH excluding ortho intramolecular Hbond substituents is 1. The first kappa shape index (κ1) is 13.1. The van der Waals surface area contributed by atoms with Crippen LogP contribution in [0.15, 0.2) is 17.2 Å². The van der Waals surface area contributed by atoms with Crippen LogP contribution >= 0.6 is 0 Å². The summed E-state index contributed by atoms with van der Waals surface area (Å²) in [6.07, 6.45) is 1.54. The zero-order valence-electron chi connectivity index (χ0n) is 9.80. The molecule has 1 aromatic rings. The summed E-state index contributed by atoms with van der Waals surface area (Å²) in [6.45, 7) is 0.391. The molecule has 0 saturated heterocycles. The highest BCUT2D eigenvalue weighted by atomic mass is 16.5. The van der Waals surface area contributed by atoms with E-state index in [2.05, 4.69) is 10.5 Å². The summed E-state index contributed by atoms with van der Waals surface area (Å²) in [5, 5.41) is 22.1. The highest BCUT2D eigenvalue weighted by Crippen LogP contribution is 2.36. The van der Waals surface area contributed by atoms with Crippen molar-refractivity contribution in [3.63, 3.8) is 0 Å². The van der Waals surface area contributed by atoms with Gasteiger partial charge in [0.05, 0.1) is 33.6 Å². The summed E-state index contributed by atoms with van der Waals surface area (Å²) in [7, 11) is 2.92. The van der Waals surface area contributed by atoms with E-state index in [1.807, 2.05) is 0 Å². The van der Waals surface area contributed by atoms with Gasteiger partial charge in [-0.25, -0.2) is 0 Å². The molecular formula is C11H16N2O4. The Kier molecular flexibility index (Phi) is 5.09. The van der Waals surface area contributed by atoms with Crippen molar-refractivity contribution in [2.75, 3.05) is 27.4 Å². The second-order valence-electron chi connectivity index (χ2n) is 3.16. The van der Waals surface area contributed by atoms with E-state index in [1.165, 1.54) is 14.2 Å². The number of nitrogens with one attached hydrogen (secondary N) is 1. The molecule has 1 aromatic carbocycles. The number of methoxy groups -OCH3 is 2. The van der Waals surface area contributed by atoms with Gasteiger partial charge in [-0.1, -0.05) is 0 Å². The Morgan fingerprint density at radius 3 is 2.35 bits per heavy atom. The van der Waals surface area contributed by atoms with E-state index in [4.69, 9.17) is 14.6 Å². The van der Waals surface area contributed by atoms with Crippen LogP contribution in [0.5, 0.6) is 17.2 Å². The minimum atomic E-state index is -0.0459. The largest absolute Gasteiger partial charge is 0.502 e. The minimum absolute atomic E-state index is 0.0135. The molecule has 0 aliphatic heterocycles. The molecule has 0 atom stereocenters.